The van der Waals surface area contributed by atoms with Gasteiger partial charge in [-0.25, -0.2) is 0 Å². The van der Waals surface area contributed by atoms with Crippen LogP contribution in [0.15, 0.2) is 15.9 Å². The van der Waals surface area contributed by atoms with Crippen LogP contribution in [0.25, 0.3) is 0 Å². The lowest BCUT2D eigenvalue weighted by Gasteiger charge is -2.39. The lowest BCUT2D eigenvalue weighted by atomic mass is 9.92. The van der Waals surface area contributed by atoms with Crippen molar-refractivity contribution in [2.24, 2.45) is 5.73 Å². The number of halogens is 1. The minimum Gasteiger partial charge on any atom is -0.326 e. The van der Waals surface area contributed by atoms with Crippen LogP contribution in [0.5, 0.6) is 0 Å². The molecule has 0 saturated heterocycles. The summed E-state index contributed by atoms with van der Waals surface area (Å²) in [5.41, 5.74) is 6.42. The van der Waals surface area contributed by atoms with E-state index in [1.54, 1.807) is 0 Å². The first-order chi connectivity index (χ1) is 9.13. The molecule has 2 unspecified atom stereocenters. The number of nitrogens with zero attached hydrogens (tertiary/aromatic N) is 1. The maximum Gasteiger partial charge on any atom is 0.0593 e. The summed E-state index contributed by atoms with van der Waals surface area (Å²) in [6.07, 6.45) is 7.83. The van der Waals surface area contributed by atoms with Gasteiger partial charge in [0.05, 0.1) is 6.04 Å². The van der Waals surface area contributed by atoms with Gasteiger partial charge in [0.15, 0.2) is 0 Å². The fraction of sp³-hybridized carbons (Fsp3) is 0.733. The van der Waals surface area contributed by atoms with Gasteiger partial charge in [-0.2, -0.15) is 0 Å². The second kappa shape index (κ2) is 7.21. The Kier molecular flexibility index (Phi) is 5.87. The molecule has 1 heterocycles. The van der Waals surface area contributed by atoms with Crippen LogP contribution >= 0.6 is 27.3 Å². The van der Waals surface area contributed by atoms with Crippen molar-refractivity contribution in [3.63, 3.8) is 0 Å². The van der Waals surface area contributed by atoms with E-state index in [1.807, 2.05) is 11.3 Å². The average Bonchev–Trinajstić information content (AvgIpc) is 2.86. The fourth-order valence-corrected chi connectivity index (χ4v) is 4.81. The molecule has 2 rings (SSSR count). The molecule has 19 heavy (non-hydrogen) atoms. The van der Waals surface area contributed by atoms with Crippen LogP contribution in [-0.4, -0.2) is 24.0 Å². The maximum absolute atomic E-state index is 6.42. The monoisotopic (exact) mass is 344 g/mol. The number of nitrogens with two attached hydrogens (primary N) is 1. The van der Waals surface area contributed by atoms with E-state index in [1.165, 1.54) is 41.5 Å². The molecular formula is C15H25BrN2S. The van der Waals surface area contributed by atoms with Crippen molar-refractivity contribution < 1.29 is 0 Å². The van der Waals surface area contributed by atoms with Crippen LogP contribution in [0.2, 0.25) is 0 Å². The van der Waals surface area contributed by atoms with Crippen molar-refractivity contribution in [2.45, 2.75) is 63.6 Å². The molecule has 2 nitrogen and oxygen atoms in total. The van der Waals surface area contributed by atoms with Crippen molar-refractivity contribution in [1.82, 2.24) is 4.90 Å². The van der Waals surface area contributed by atoms with Gasteiger partial charge in [0.25, 0.3) is 0 Å². The van der Waals surface area contributed by atoms with E-state index in [0.29, 0.717) is 12.1 Å². The molecule has 4 heteroatoms. The molecule has 1 aromatic rings. The minimum atomic E-state index is 0.220. The predicted octanol–water partition coefficient (Wildman–Crippen LogP) is 4.55. The van der Waals surface area contributed by atoms with E-state index in [9.17, 15) is 0 Å². The largest absolute Gasteiger partial charge is 0.326 e. The molecule has 1 aliphatic carbocycles. The summed E-state index contributed by atoms with van der Waals surface area (Å²) in [5.74, 6) is 0. The van der Waals surface area contributed by atoms with Gasteiger partial charge in [-0.3, -0.25) is 4.90 Å². The third-order valence-electron chi connectivity index (χ3n) is 4.35. The lowest BCUT2D eigenvalue weighted by molar-refractivity contribution is 0.120. The van der Waals surface area contributed by atoms with Gasteiger partial charge in [0.1, 0.15) is 0 Å². The van der Waals surface area contributed by atoms with Gasteiger partial charge in [-0.1, -0.05) is 26.2 Å². The quantitative estimate of drug-likeness (QED) is 0.848. The first-order valence-electron chi connectivity index (χ1n) is 7.35. The Bertz CT molecular complexity index is 387. The maximum atomic E-state index is 6.42. The van der Waals surface area contributed by atoms with E-state index in [2.05, 4.69) is 46.2 Å². The van der Waals surface area contributed by atoms with Gasteiger partial charge in [-0.15, -0.1) is 11.3 Å². The van der Waals surface area contributed by atoms with Crippen molar-refractivity contribution in [3.05, 3.63) is 20.8 Å². The molecule has 0 radical (unpaired) electrons. The normalized spacial score (nSPS) is 20.7. The zero-order chi connectivity index (χ0) is 13.8. The highest BCUT2D eigenvalue weighted by atomic mass is 79.9. The van der Waals surface area contributed by atoms with Gasteiger partial charge in [-0.05, 0) is 48.3 Å². The van der Waals surface area contributed by atoms with Crippen LogP contribution in [0.4, 0.5) is 0 Å². The van der Waals surface area contributed by atoms with Crippen molar-refractivity contribution in [1.29, 1.82) is 0 Å². The van der Waals surface area contributed by atoms with Crippen LogP contribution in [0.3, 0.4) is 0 Å². The van der Waals surface area contributed by atoms with E-state index in [-0.39, 0.29) is 6.04 Å². The van der Waals surface area contributed by atoms with Crippen molar-refractivity contribution in [3.8, 4) is 0 Å². The Morgan fingerprint density at radius 1 is 1.42 bits per heavy atom. The summed E-state index contributed by atoms with van der Waals surface area (Å²) in [7, 11) is 2.27. The number of likely N-dealkylation sites (N-methyl/N-ethyl adjacent to an activating group) is 1. The Balaban J connectivity index is 2.16. The van der Waals surface area contributed by atoms with Crippen LogP contribution in [-0.2, 0) is 0 Å². The van der Waals surface area contributed by atoms with E-state index in [4.69, 9.17) is 5.73 Å². The molecule has 0 amide bonds. The summed E-state index contributed by atoms with van der Waals surface area (Å²) < 4.78 is 1.18. The molecule has 108 valence electrons. The van der Waals surface area contributed by atoms with Gasteiger partial charge < -0.3 is 5.73 Å². The summed E-state index contributed by atoms with van der Waals surface area (Å²) in [4.78, 5) is 3.94. The smallest absolute Gasteiger partial charge is 0.0593 e. The summed E-state index contributed by atoms with van der Waals surface area (Å²) in [6.45, 7) is 2.19. The lowest BCUT2D eigenvalue weighted by Crippen LogP contribution is -2.44. The Labute approximate surface area is 129 Å². The van der Waals surface area contributed by atoms with Gasteiger partial charge >= 0.3 is 0 Å². The Morgan fingerprint density at radius 2 is 2.11 bits per heavy atom. The Morgan fingerprint density at radius 3 is 2.63 bits per heavy atom. The number of rotatable bonds is 5. The second-order valence-electron chi connectivity index (χ2n) is 5.64. The summed E-state index contributed by atoms with van der Waals surface area (Å²) >= 11 is 5.39. The zero-order valence-electron chi connectivity index (χ0n) is 11.9. The molecule has 0 aliphatic heterocycles. The summed E-state index contributed by atoms with van der Waals surface area (Å²) in [5, 5.41) is 2.17. The molecule has 2 atom stereocenters. The average molecular weight is 345 g/mol. The summed E-state index contributed by atoms with van der Waals surface area (Å²) in [6, 6.07) is 3.53. The van der Waals surface area contributed by atoms with E-state index >= 15 is 0 Å². The van der Waals surface area contributed by atoms with Gasteiger partial charge in [0, 0.05) is 26.8 Å². The highest BCUT2D eigenvalue weighted by Crippen LogP contribution is 2.35. The van der Waals surface area contributed by atoms with Crippen molar-refractivity contribution >= 4 is 27.3 Å². The number of hydrogen-bond acceptors (Lipinski definition) is 3. The fourth-order valence-electron chi connectivity index (χ4n) is 3.14. The minimum absolute atomic E-state index is 0.220. The highest BCUT2D eigenvalue weighted by Gasteiger charge is 2.30. The first kappa shape index (κ1) is 15.5. The van der Waals surface area contributed by atoms with Crippen LogP contribution < -0.4 is 5.73 Å². The molecule has 1 aromatic heterocycles. The van der Waals surface area contributed by atoms with Crippen molar-refractivity contribution in [2.75, 3.05) is 7.05 Å². The molecule has 0 aromatic carbocycles. The van der Waals surface area contributed by atoms with Gasteiger partial charge in [0.2, 0.25) is 0 Å². The zero-order valence-corrected chi connectivity index (χ0v) is 14.3. The van der Waals surface area contributed by atoms with E-state index < -0.39 is 0 Å². The highest BCUT2D eigenvalue weighted by molar-refractivity contribution is 9.10. The van der Waals surface area contributed by atoms with Crippen LogP contribution in [0.1, 0.15) is 56.4 Å². The third kappa shape index (κ3) is 3.81. The molecule has 1 aliphatic rings. The predicted molar refractivity (Wildman–Crippen MR) is 87.7 cm³/mol. The molecule has 1 saturated carbocycles. The van der Waals surface area contributed by atoms with E-state index in [0.717, 1.165) is 6.42 Å². The molecule has 2 N–H and O–H groups in total. The molecular weight excluding hydrogens is 320 g/mol. The first-order valence-corrected chi connectivity index (χ1v) is 9.02. The SMILES string of the molecule is CCC(N)C(c1cc(Br)cs1)N(C)C1CCCCC1. The molecule has 0 bridgehead atoms. The Hall–Kier alpha value is 0.1000. The second-order valence-corrected chi connectivity index (χ2v) is 7.50. The standard InChI is InChI=1S/C15H25BrN2S/c1-3-13(17)15(14-9-11(16)10-19-14)18(2)12-7-5-4-6-8-12/h9-10,12-13,15H,3-8,17H2,1-2H3. The topological polar surface area (TPSA) is 29.3 Å². The number of hydrogen-bond donors (Lipinski definition) is 1. The van der Waals surface area contributed by atoms with Crippen LogP contribution in [0, 0.1) is 0 Å². The molecule has 0 spiro atoms. The third-order valence-corrected chi connectivity index (χ3v) is 6.11. The molecule has 1 fully saturated rings. The number of thiophene rings is 1.